The van der Waals surface area contributed by atoms with Gasteiger partial charge in [0.1, 0.15) is 6.54 Å². The molecule has 1 aromatic rings. The van der Waals surface area contributed by atoms with Gasteiger partial charge >= 0.3 is 6.18 Å². The van der Waals surface area contributed by atoms with E-state index in [1.54, 1.807) is 6.92 Å². The highest BCUT2D eigenvalue weighted by atomic mass is 32.2. The van der Waals surface area contributed by atoms with Crippen LogP contribution in [0.15, 0.2) is 24.3 Å². The predicted octanol–water partition coefficient (Wildman–Crippen LogP) is 2.39. The van der Waals surface area contributed by atoms with Crippen molar-refractivity contribution in [2.24, 2.45) is 0 Å². The molecule has 0 saturated carbocycles. The third kappa shape index (κ3) is 5.74. The monoisotopic (exact) mass is 352 g/mol. The molecule has 1 amide bonds. The Labute approximate surface area is 133 Å². The van der Waals surface area contributed by atoms with Crippen LogP contribution >= 0.6 is 0 Å². The second-order valence-corrected chi connectivity index (χ2v) is 7.10. The number of nitrogens with zero attached hydrogens (tertiary/aromatic N) is 1. The molecule has 23 heavy (non-hydrogen) atoms. The van der Waals surface area contributed by atoms with Crippen molar-refractivity contribution >= 4 is 21.6 Å². The van der Waals surface area contributed by atoms with E-state index >= 15 is 0 Å². The standard InChI is InChI=1S/C14H19F3N2O3S/c1-4-10(2)18-13(20)9-19(23(3,21)22)12-7-5-6-11(8-12)14(15,16)17/h5-8,10H,4,9H2,1-3H3,(H,18,20)/t10-/m0/s1. The molecule has 9 heteroatoms. The SMILES string of the molecule is CC[C@H](C)NC(=O)CN(c1cccc(C(F)(F)F)c1)S(C)(=O)=O. The molecule has 0 aromatic heterocycles. The molecule has 0 saturated heterocycles. The maximum absolute atomic E-state index is 12.8. The van der Waals surface area contributed by atoms with Crippen molar-refractivity contribution in [3.8, 4) is 0 Å². The average molecular weight is 352 g/mol. The zero-order valence-corrected chi connectivity index (χ0v) is 13.8. The molecule has 0 radical (unpaired) electrons. The first kappa shape index (κ1) is 19.3. The minimum atomic E-state index is -4.60. The fourth-order valence-corrected chi connectivity index (χ4v) is 2.64. The summed E-state index contributed by atoms with van der Waals surface area (Å²) >= 11 is 0. The molecule has 1 rings (SSSR count). The maximum Gasteiger partial charge on any atom is 0.416 e. The van der Waals surface area contributed by atoms with Crippen LogP contribution in [0.2, 0.25) is 0 Å². The fraction of sp³-hybridized carbons (Fsp3) is 0.500. The number of anilines is 1. The van der Waals surface area contributed by atoms with Gasteiger partial charge in [0.05, 0.1) is 17.5 Å². The van der Waals surface area contributed by atoms with E-state index in [4.69, 9.17) is 0 Å². The lowest BCUT2D eigenvalue weighted by Gasteiger charge is -2.23. The van der Waals surface area contributed by atoms with Gasteiger partial charge in [0, 0.05) is 6.04 Å². The highest BCUT2D eigenvalue weighted by Crippen LogP contribution is 2.32. The molecule has 1 aromatic carbocycles. The van der Waals surface area contributed by atoms with Gasteiger partial charge in [-0.25, -0.2) is 8.42 Å². The number of alkyl halides is 3. The van der Waals surface area contributed by atoms with Crippen LogP contribution in [0.25, 0.3) is 0 Å². The van der Waals surface area contributed by atoms with E-state index in [9.17, 15) is 26.4 Å². The Morgan fingerprint density at radius 2 is 1.96 bits per heavy atom. The van der Waals surface area contributed by atoms with Gasteiger partial charge in [-0.05, 0) is 31.5 Å². The van der Waals surface area contributed by atoms with E-state index in [0.29, 0.717) is 16.8 Å². The van der Waals surface area contributed by atoms with Crippen LogP contribution in [-0.2, 0) is 21.0 Å². The lowest BCUT2D eigenvalue weighted by atomic mass is 10.2. The second kappa shape index (κ2) is 7.20. The molecular weight excluding hydrogens is 333 g/mol. The number of sulfonamides is 1. The van der Waals surface area contributed by atoms with E-state index in [0.717, 1.165) is 18.4 Å². The van der Waals surface area contributed by atoms with Gasteiger partial charge in [-0.1, -0.05) is 13.0 Å². The summed E-state index contributed by atoms with van der Waals surface area (Å²) in [4.78, 5) is 11.9. The molecule has 130 valence electrons. The van der Waals surface area contributed by atoms with Crippen molar-refractivity contribution in [3.63, 3.8) is 0 Å². The molecule has 5 nitrogen and oxygen atoms in total. The van der Waals surface area contributed by atoms with Gasteiger partial charge in [-0.3, -0.25) is 9.10 Å². The number of hydrogen-bond acceptors (Lipinski definition) is 3. The van der Waals surface area contributed by atoms with Crippen molar-refractivity contribution in [1.82, 2.24) is 5.32 Å². The molecule has 0 aliphatic heterocycles. The van der Waals surface area contributed by atoms with Crippen LogP contribution in [0.3, 0.4) is 0 Å². The van der Waals surface area contributed by atoms with Crippen LogP contribution < -0.4 is 9.62 Å². The zero-order chi connectivity index (χ0) is 17.8. The van der Waals surface area contributed by atoms with Gasteiger partial charge in [0.15, 0.2) is 0 Å². The lowest BCUT2D eigenvalue weighted by Crippen LogP contribution is -2.43. The van der Waals surface area contributed by atoms with E-state index < -0.39 is 34.2 Å². The number of nitrogens with one attached hydrogen (secondary N) is 1. The van der Waals surface area contributed by atoms with E-state index in [1.165, 1.54) is 6.07 Å². The molecular formula is C14H19F3N2O3S. The summed E-state index contributed by atoms with van der Waals surface area (Å²) in [6.45, 7) is 3.00. The third-order valence-corrected chi connectivity index (χ3v) is 4.31. The Morgan fingerprint density at radius 1 is 1.35 bits per heavy atom. The number of carbonyl (C=O) groups is 1. The summed E-state index contributed by atoms with van der Waals surface area (Å²) in [5.41, 5.74) is -1.19. The number of amides is 1. The zero-order valence-electron chi connectivity index (χ0n) is 13.0. The van der Waals surface area contributed by atoms with Gasteiger partial charge in [-0.2, -0.15) is 13.2 Å². The summed E-state index contributed by atoms with van der Waals surface area (Å²) in [5.74, 6) is -0.581. The Bertz CT molecular complexity index is 659. The first-order chi connectivity index (χ1) is 10.4. The largest absolute Gasteiger partial charge is 0.416 e. The summed E-state index contributed by atoms with van der Waals surface area (Å²) in [7, 11) is -3.91. The highest BCUT2D eigenvalue weighted by molar-refractivity contribution is 7.92. The third-order valence-electron chi connectivity index (χ3n) is 3.17. The summed E-state index contributed by atoms with van der Waals surface area (Å²) < 4.78 is 62.6. The molecule has 0 aliphatic rings. The van der Waals surface area contributed by atoms with Crippen LogP contribution in [0.4, 0.5) is 18.9 Å². The Balaban J connectivity index is 3.12. The predicted molar refractivity (Wildman–Crippen MR) is 81.5 cm³/mol. The van der Waals surface area contributed by atoms with Crippen molar-refractivity contribution in [2.45, 2.75) is 32.5 Å². The van der Waals surface area contributed by atoms with Crippen LogP contribution in [-0.4, -0.2) is 33.2 Å². The van der Waals surface area contributed by atoms with E-state index in [2.05, 4.69) is 5.32 Å². The topological polar surface area (TPSA) is 66.5 Å². The molecule has 1 N–H and O–H groups in total. The van der Waals surface area contributed by atoms with Gasteiger partial charge < -0.3 is 5.32 Å². The maximum atomic E-state index is 12.8. The summed E-state index contributed by atoms with van der Waals surface area (Å²) in [6, 6.07) is 3.70. The second-order valence-electron chi connectivity index (χ2n) is 5.19. The van der Waals surface area contributed by atoms with Gasteiger partial charge in [0.25, 0.3) is 0 Å². The van der Waals surface area contributed by atoms with Crippen LogP contribution in [0.5, 0.6) is 0 Å². The molecule has 0 fully saturated rings. The van der Waals surface area contributed by atoms with Crippen LogP contribution in [0.1, 0.15) is 25.8 Å². The normalized spacial score (nSPS) is 13.5. The van der Waals surface area contributed by atoms with Gasteiger partial charge in [0.2, 0.25) is 15.9 Å². The molecule has 0 spiro atoms. The van der Waals surface area contributed by atoms with Crippen molar-refractivity contribution in [2.75, 3.05) is 17.1 Å². The van der Waals surface area contributed by atoms with Gasteiger partial charge in [-0.15, -0.1) is 0 Å². The minimum absolute atomic E-state index is 0.162. The van der Waals surface area contributed by atoms with E-state index in [1.807, 2.05) is 6.92 Å². The Kier molecular flexibility index (Phi) is 6.04. The summed E-state index contributed by atoms with van der Waals surface area (Å²) in [6.07, 6.45) is -3.11. The number of carbonyl (C=O) groups excluding carboxylic acids is 1. The van der Waals surface area contributed by atoms with E-state index in [-0.39, 0.29) is 11.7 Å². The smallest absolute Gasteiger partial charge is 0.352 e. The van der Waals surface area contributed by atoms with Crippen molar-refractivity contribution in [1.29, 1.82) is 0 Å². The van der Waals surface area contributed by atoms with Crippen molar-refractivity contribution < 1.29 is 26.4 Å². The highest BCUT2D eigenvalue weighted by Gasteiger charge is 2.32. The number of halogens is 3. The molecule has 1 atom stereocenters. The summed E-state index contributed by atoms with van der Waals surface area (Å²) in [5, 5.41) is 2.58. The number of benzene rings is 1. The van der Waals surface area contributed by atoms with Crippen LogP contribution in [0, 0.1) is 0 Å². The lowest BCUT2D eigenvalue weighted by molar-refractivity contribution is -0.137. The molecule has 0 heterocycles. The minimum Gasteiger partial charge on any atom is -0.352 e. The molecule has 0 aliphatic carbocycles. The first-order valence-corrected chi connectivity index (χ1v) is 8.74. The molecule has 0 bridgehead atoms. The van der Waals surface area contributed by atoms with Crippen molar-refractivity contribution in [3.05, 3.63) is 29.8 Å². The Hall–Kier alpha value is -1.77. The number of hydrogen-bond donors (Lipinski definition) is 1. The quantitative estimate of drug-likeness (QED) is 0.855. The Morgan fingerprint density at radius 3 is 2.43 bits per heavy atom. The molecule has 0 unspecified atom stereocenters. The average Bonchev–Trinajstić information content (AvgIpc) is 2.42. The fourth-order valence-electron chi connectivity index (χ4n) is 1.79. The number of rotatable bonds is 6. The first-order valence-electron chi connectivity index (χ1n) is 6.89.